The molecule has 0 aliphatic heterocycles. The van der Waals surface area contributed by atoms with Crippen molar-refractivity contribution >= 4 is 11.5 Å². The fourth-order valence-electron chi connectivity index (χ4n) is 1.30. The van der Waals surface area contributed by atoms with E-state index >= 15 is 0 Å². The number of hydrogen-bond acceptors (Lipinski definition) is 4. The van der Waals surface area contributed by atoms with Crippen LogP contribution in [0.15, 0.2) is 41.4 Å². The highest BCUT2D eigenvalue weighted by atomic mass is 15.0. The predicted molar refractivity (Wildman–Crippen MR) is 72.1 cm³/mol. The maximum Gasteiger partial charge on any atom is 0.133 e. The minimum atomic E-state index is 0.774. The molecule has 4 nitrogen and oxygen atoms in total. The van der Waals surface area contributed by atoms with Gasteiger partial charge in [-0.05, 0) is 33.8 Å². The van der Waals surface area contributed by atoms with E-state index in [0.29, 0.717) is 0 Å². The fraction of sp³-hybridized carbons (Fsp3) is 0.308. The van der Waals surface area contributed by atoms with Crippen molar-refractivity contribution < 1.29 is 0 Å². The van der Waals surface area contributed by atoms with Gasteiger partial charge in [-0.3, -0.25) is 4.99 Å². The molecule has 0 amide bonds. The van der Waals surface area contributed by atoms with Crippen molar-refractivity contribution in [2.24, 2.45) is 4.99 Å². The average molecular weight is 230 g/mol. The van der Waals surface area contributed by atoms with Crippen LogP contribution in [0, 0.1) is 6.92 Å². The molecule has 1 N–H and O–H groups in total. The number of rotatable bonds is 4. The van der Waals surface area contributed by atoms with Crippen molar-refractivity contribution in [3.8, 4) is 0 Å². The molecule has 0 aliphatic carbocycles. The zero-order chi connectivity index (χ0) is 12.7. The van der Waals surface area contributed by atoms with Gasteiger partial charge in [-0.25, -0.2) is 9.97 Å². The zero-order valence-electron chi connectivity index (χ0n) is 10.7. The summed E-state index contributed by atoms with van der Waals surface area (Å²) in [5, 5.41) is 3.09. The second kappa shape index (κ2) is 6.58. The Hall–Kier alpha value is -1.97. The number of allylic oxidation sites excluding steroid dienone is 3. The van der Waals surface area contributed by atoms with Gasteiger partial charge in [-0.1, -0.05) is 6.08 Å². The van der Waals surface area contributed by atoms with Crippen LogP contribution in [0.1, 0.15) is 26.5 Å². The van der Waals surface area contributed by atoms with Crippen molar-refractivity contribution in [1.82, 2.24) is 9.97 Å². The summed E-state index contributed by atoms with van der Waals surface area (Å²) in [5.74, 6) is 0.774. The molecule has 0 aliphatic rings. The lowest BCUT2D eigenvalue weighted by molar-refractivity contribution is 1.10. The van der Waals surface area contributed by atoms with Gasteiger partial charge in [0.2, 0.25) is 0 Å². The summed E-state index contributed by atoms with van der Waals surface area (Å²) in [4.78, 5) is 12.5. The standard InChI is InChI=1S/C13H18N4/c1-5-6-10(2)17-12(4)8-14-13-7-11(3)15-9-16-13/h5-9H,1-4H3,(H,14,15,16)/b6-5-,12-8+,17-10-. The average Bonchev–Trinajstić information content (AvgIpc) is 2.27. The van der Waals surface area contributed by atoms with Crippen molar-refractivity contribution in [2.75, 3.05) is 5.32 Å². The SMILES string of the molecule is C\C=C/C(C)=N\C(C)=C\Nc1cc(C)ncn1. The molecule has 0 radical (unpaired) electrons. The molecule has 90 valence electrons. The van der Waals surface area contributed by atoms with Gasteiger partial charge in [0.05, 0.1) is 5.70 Å². The summed E-state index contributed by atoms with van der Waals surface area (Å²) in [7, 11) is 0. The summed E-state index contributed by atoms with van der Waals surface area (Å²) in [6.45, 7) is 7.80. The largest absolute Gasteiger partial charge is 0.345 e. The van der Waals surface area contributed by atoms with Gasteiger partial charge in [0.15, 0.2) is 0 Å². The Labute approximate surface area is 102 Å². The van der Waals surface area contributed by atoms with Crippen LogP contribution in [-0.2, 0) is 0 Å². The number of aliphatic imine (C=N–C) groups is 1. The summed E-state index contributed by atoms with van der Waals surface area (Å²) >= 11 is 0. The van der Waals surface area contributed by atoms with Crippen LogP contribution in [0.5, 0.6) is 0 Å². The summed E-state index contributed by atoms with van der Waals surface area (Å²) in [6.07, 6.45) is 7.30. The first-order chi connectivity index (χ1) is 8.11. The van der Waals surface area contributed by atoms with Crippen LogP contribution in [-0.4, -0.2) is 15.7 Å². The van der Waals surface area contributed by atoms with Crippen LogP contribution in [0.3, 0.4) is 0 Å². The Morgan fingerprint density at radius 2 is 2.12 bits per heavy atom. The van der Waals surface area contributed by atoms with E-state index in [-0.39, 0.29) is 0 Å². The first-order valence-electron chi connectivity index (χ1n) is 5.51. The van der Waals surface area contributed by atoms with Crippen molar-refractivity contribution in [2.45, 2.75) is 27.7 Å². The molecule has 0 fully saturated rings. The molecule has 17 heavy (non-hydrogen) atoms. The maximum atomic E-state index is 4.39. The van der Waals surface area contributed by atoms with E-state index in [4.69, 9.17) is 0 Å². The van der Waals surface area contributed by atoms with Gasteiger partial charge in [0.25, 0.3) is 0 Å². The van der Waals surface area contributed by atoms with Crippen LogP contribution < -0.4 is 5.32 Å². The normalized spacial score (nSPS) is 13.2. The lowest BCUT2D eigenvalue weighted by Crippen LogP contribution is -1.95. The first-order valence-corrected chi connectivity index (χ1v) is 5.51. The molecule has 0 bridgehead atoms. The van der Waals surface area contributed by atoms with Crippen molar-refractivity contribution in [1.29, 1.82) is 0 Å². The quantitative estimate of drug-likeness (QED) is 0.808. The highest BCUT2D eigenvalue weighted by molar-refractivity contribution is 5.93. The minimum absolute atomic E-state index is 0.774. The lowest BCUT2D eigenvalue weighted by Gasteiger charge is -2.01. The zero-order valence-corrected chi connectivity index (χ0v) is 10.7. The number of nitrogens with zero attached hydrogens (tertiary/aromatic N) is 3. The molecule has 0 atom stereocenters. The van der Waals surface area contributed by atoms with Gasteiger partial charge in [-0.15, -0.1) is 0 Å². The molecule has 0 saturated carbocycles. The molecule has 1 heterocycles. The van der Waals surface area contributed by atoms with Crippen LogP contribution in [0.4, 0.5) is 5.82 Å². The lowest BCUT2D eigenvalue weighted by atomic mass is 10.3. The second-order valence-electron chi connectivity index (χ2n) is 3.73. The Kier molecular flexibility index (Phi) is 5.07. The number of nitrogens with one attached hydrogen (secondary N) is 1. The molecule has 1 aromatic heterocycles. The highest BCUT2D eigenvalue weighted by Crippen LogP contribution is 2.04. The molecular weight excluding hydrogens is 212 g/mol. The van der Waals surface area contributed by atoms with E-state index in [1.165, 1.54) is 6.33 Å². The Bertz CT molecular complexity index is 458. The van der Waals surface area contributed by atoms with E-state index in [9.17, 15) is 0 Å². The third-order valence-electron chi connectivity index (χ3n) is 1.99. The predicted octanol–water partition coefficient (Wildman–Crippen LogP) is 3.10. The maximum absolute atomic E-state index is 4.39. The van der Waals surface area contributed by atoms with Crippen molar-refractivity contribution in [3.05, 3.63) is 42.1 Å². The Morgan fingerprint density at radius 3 is 2.76 bits per heavy atom. The van der Waals surface area contributed by atoms with E-state index < -0.39 is 0 Å². The third kappa shape index (κ3) is 5.06. The van der Waals surface area contributed by atoms with E-state index in [1.807, 2.05) is 52.1 Å². The Balaban J connectivity index is 2.68. The summed E-state index contributed by atoms with van der Waals surface area (Å²) in [6, 6.07) is 1.88. The topological polar surface area (TPSA) is 50.2 Å². The second-order valence-corrected chi connectivity index (χ2v) is 3.73. The molecule has 0 unspecified atom stereocenters. The smallest absolute Gasteiger partial charge is 0.133 e. The van der Waals surface area contributed by atoms with Gasteiger partial charge in [-0.2, -0.15) is 0 Å². The molecule has 0 aromatic carbocycles. The molecule has 4 heteroatoms. The van der Waals surface area contributed by atoms with E-state index in [1.54, 1.807) is 0 Å². The van der Waals surface area contributed by atoms with E-state index in [0.717, 1.165) is 22.9 Å². The monoisotopic (exact) mass is 230 g/mol. The highest BCUT2D eigenvalue weighted by Gasteiger charge is 1.92. The van der Waals surface area contributed by atoms with Gasteiger partial charge < -0.3 is 5.32 Å². The fourth-order valence-corrected chi connectivity index (χ4v) is 1.30. The van der Waals surface area contributed by atoms with Crippen molar-refractivity contribution in [3.63, 3.8) is 0 Å². The van der Waals surface area contributed by atoms with Crippen LogP contribution in [0.2, 0.25) is 0 Å². The number of anilines is 1. The molecule has 1 rings (SSSR count). The number of aryl methyl sites for hydroxylation is 1. The van der Waals surface area contributed by atoms with Gasteiger partial charge in [0.1, 0.15) is 12.1 Å². The summed E-state index contributed by atoms with van der Waals surface area (Å²) in [5.41, 5.74) is 2.81. The molecular formula is C13H18N4. The van der Waals surface area contributed by atoms with Crippen LogP contribution in [0.25, 0.3) is 0 Å². The van der Waals surface area contributed by atoms with E-state index in [2.05, 4.69) is 20.3 Å². The third-order valence-corrected chi connectivity index (χ3v) is 1.99. The number of hydrogen-bond donors (Lipinski definition) is 1. The molecule has 1 aromatic rings. The molecule has 0 saturated heterocycles. The Morgan fingerprint density at radius 1 is 1.35 bits per heavy atom. The first kappa shape index (κ1) is 13.1. The summed E-state index contributed by atoms with van der Waals surface area (Å²) < 4.78 is 0. The minimum Gasteiger partial charge on any atom is -0.345 e. The van der Waals surface area contributed by atoms with Gasteiger partial charge in [0, 0.05) is 23.7 Å². The van der Waals surface area contributed by atoms with Gasteiger partial charge >= 0.3 is 0 Å². The molecule has 0 spiro atoms. The number of aromatic nitrogens is 2. The van der Waals surface area contributed by atoms with Crippen LogP contribution >= 0.6 is 0 Å².